The van der Waals surface area contributed by atoms with Gasteiger partial charge < -0.3 is 10.6 Å². The van der Waals surface area contributed by atoms with Crippen molar-refractivity contribution in [2.75, 3.05) is 33.2 Å². The highest BCUT2D eigenvalue weighted by Crippen LogP contribution is 2.10. The van der Waals surface area contributed by atoms with E-state index >= 15 is 0 Å². The first kappa shape index (κ1) is 12.5. The lowest BCUT2D eigenvalue weighted by molar-refractivity contribution is 0.206. The Labute approximate surface area is 103 Å². The van der Waals surface area contributed by atoms with Gasteiger partial charge in [-0.2, -0.15) is 0 Å². The third-order valence-electron chi connectivity index (χ3n) is 3.46. The molecule has 4 heteroatoms. The van der Waals surface area contributed by atoms with Gasteiger partial charge in [0.1, 0.15) is 0 Å². The lowest BCUT2D eigenvalue weighted by Crippen LogP contribution is -2.43. The van der Waals surface area contributed by atoms with Gasteiger partial charge in [0.2, 0.25) is 0 Å². The number of hydrogen-bond acceptors (Lipinski definition) is 4. The van der Waals surface area contributed by atoms with Gasteiger partial charge in [-0.25, -0.2) is 0 Å². The molecule has 2 N–H and O–H groups in total. The average Bonchev–Trinajstić information content (AvgIpc) is 2.52. The molecule has 0 bridgehead atoms. The van der Waals surface area contributed by atoms with E-state index in [0.29, 0.717) is 6.04 Å². The highest BCUT2D eigenvalue weighted by atomic mass is 15.2. The molecule has 17 heavy (non-hydrogen) atoms. The summed E-state index contributed by atoms with van der Waals surface area (Å²) >= 11 is 0. The Kier molecular flexibility index (Phi) is 4.48. The molecular formula is C13H22N4. The van der Waals surface area contributed by atoms with Gasteiger partial charge in [0, 0.05) is 31.9 Å². The van der Waals surface area contributed by atoms with Crippen LogP contribution >= 0.6 is 0 Å². The molecule has 2 heterocycles. The fourth-order valence-corrected chi connectivity index (χ4v) is 2.37. The maximum atomic E-state index is 5.83. The van der Waals surface area contributed by atoms with Gasteiger partial charge in [-0.05, 0) is 38.7 Å². The van der Waals surface area contributed by atoms with E-state index in [1.807, 2.05) is 18.3 Å². The van der Waals surface area contributed by atoms with Crippen molar-refractivity contribution in [3.8, 4) is 0 Å². The number of rotatable bonds is 3. The van der Waals surface area contributed by atoms with Crippen LogP contribution in [0.15, 0.2) is 24.4 Å². The normalized spacial score (nSPS) is 23.5. The van der Waals surface area contributed by atoms with Crippen molar-refractivity contribution in [3.05, 3.63) is 30.1 Å². The Morgan fingerprint density at radius 2 is 2.29 bits per heavy atom. The monoisotopic (exact) mass is 234 g/mol. The predicted octanol–water partition coefficient (Wildman–Crippen LogP) is 0.546. The maximum Gasteiger partial charge on any atom is 0.0543 e. The number of nitrogens with two attached hydrogens (primary N) is 1. The van der Waals surface area contributed by atoms with Crippen molar-refractivity contribution >= 4 is 0 Å². The zero-order valence-electron chi connectivity index (χ0n) is 10.5. The molecule has 0 radical (unpaired) electrons. The summed E-state index contributed by atoms with van der Waals surface area (Å²) in [5.41, 5.74) is 6.98. The summed E-state index contributed by atoms with van der Waals surface area (Å²) in [5, 5.41) is 0. The molecule has 0 aromatic carbocycles. The molecule has 0 amide bonds. The molecule has 1 aromatic rings. The van der Waals surface area contributed by atoms with Crippen molar-refractivity contribution in [1.82, 2.24) is 14.8 Å². The smallest absolute Gasteiger partial charge is 0.0543 e. The van der Waals surface area contributed by atoms with Crippen molar-refractivity contribution in [2.45, 2.75) is 19.0 Å². The van der Waals surface area contributed by atoms with Gasteiger partial charge in [-0.1, -0.05) is 6.07 Å². The zero-order chi connectivity index (χ0) is 12.1. The maximum absolute atomic E-state index is 5.83. The van der Waals surface area contributed by atoms with Crippen LogP contribution in [0.1, 0.15) is 12.1 Å². The van der Waals surface area contributed by atoms with Crippen molar-refractivity contribution < 1.29 is 0 Å². The number of nitrogens with zero attached hydrogens (tertiary/aromatic N) is 3. The molecule has 0 aliphatic carbocycles. The Morgan fingerprint density at radius 1 is 1.41 bits per heavy atom. The molecule has 1 saturated heterocycles. The van der Waals surface area contributed by atoms with Crippen molar-refractivity contribution in [2.24, 2.45) is 5.73 Å². The number of pyridine rings is 1. The molecule has 94 valence electrons. The topological polar surface area (TPSA) is 45.4 Å². The Morgan fingerprint density at radius 3 is 3.00 bits per heavy atom. The minimum atomic E-state index is 0.473. The van der Waals surface area contributed by atoms with Crippen LogP contribution < -0.4 is 5.73 Å². The van der Waals surface area contributed by atoms with E-state index < -0.39 is 0 Å². The fraction of sp³-hybridized carbons (Fsp3) is 0.615. The molecule has 1 aliphatic rings. The first-order chi connectivity index (χ1) is 8.29. The average molecular weight is 234 g/mol. The van der Waals surface area contributed by atoms with Crippen LogP contribution in [0.3, 0.4) is 0 Å². The Hall–Kier alpha value is -0.970. The molecule has 0 spiro atoms. The minimum Gasteiger partial charge on any atom is -0.329 e. The summed E-state index contributed by atoms with van der Waals surface area (Å²) in [6.07, 6.45) is 3.07. The van der Waals surface area contributed by atoms with Crippen LogP contribution in [0, 0.1) is 0 Å². The zero-order valence-corrected chi connectivity index (χ0v) is 10.5. The molecule has 1 aliphatic heterocycles. The van der Waals surface area contributed by atoms with E-state index in [1.165, 1.54) is 6.42 Å². The van der Waals surface area contributed by atoms with Crippen molar-refractivity contribution in [1.29, 1.82) is 0 Å². The van der Waals surface area contributed by atoms with Gasteiger partial charge in [-0.3, -0.25) is 9.88 Å². The second kappa shape index (κ2) is 6.10. The van der Waals surface area contributed by atoms with E-state index in [4.69, 9.17) is 5.73 Å². The van der Waals surface area contributed by atoms with E-state index in [9.17, 15) is 0 Å². The molecule has 1 aromatic heterocycles. The second-order valence-corrected chi connectivity index (χ2v) is 4.78. The molecular weight excluding hydrogens is 212 g/mol. The minimum absolute atomic E-state index is 0.473. The summed E-state index contributed by atoms with van der Waals surface area (Å²) in [5.74, 6) is 0. The number of hydrogen-bond donors (Lipinski definition) is 1. The molecule has 1 atom stereocenters. The third-order valence-corrected chi connectivity index (χ3v) is 3.46. The van der Waals surface area contributed by atoms with Crippen LogP contribution in [0.2, 0.25) is 0 Å². The van der Waals surface area contributed by atoms with Gasteiger partial charge >= 0.3 is 0 Å². The SMILES string of the molecule is CN1CCCN(Cc2ccccn2)CC1CN. The lowest BCUT2D eigenvalue weighted by atomic mass is 10.2. The molecule has 1 unspecified atom stereocenters. The van der Waals surface area contributed by atoms with E-state index in [2.05, 4.69) is 27.9 Å². The van der Waals surface area contributed by atoms with Crippen LogP contribution in [0.5, 0.6) is 0 Å². The van der Waals surface area contributed by atoms with Crippen LogP contribution in [0.4, 0.5) is 0 Å². The predicted molar refractivity (Wildman–Crippen MR) is 69.6 cm³/mol. The largest absolute Gasteiger partial charge is 0.329 e. The van der Waals surface area contributed by atoms with Crippen LogP contribution in [-0.4, -0.2) is 54.1 Å². The molecule has 1 fully saturated rings. The Balaban J connectivity index is 1.96. The highest BCUT2D eigenvalue weighted by Gasteiger charge is 2.21. The summed E-state index contributed by atoms with van der Waals surface area (Å²) in [6, 6.07) is 6.57. The van der Waals surface area contributed by atoms with E-state index in [1.54, 1.807) is 0 Å². The van der Waals surface area contributed by atoms with Crippen LogP contribution in [-0.2, 0) is 6.54 Å². The first-order valence-corrected chi connectivity index (χ1v) is 6.32. The molecule has 4 nitrogen and oxygen atoms in total. The van der Waals surface area contributed by atoms with E-state index in [-0.39, 0.29) is 0 Å². The second-order valence-electron chi connectivity index (χ2n) is 4.78. The van der Waals surface area contributed by atoms with Gasteiger partial charge in [0.15, 0.2) is 0 Å². The van der Waals surface area contributed by atoms with Gasteiger partial charge in [0.25, 0.3) is 0 Å². The lowest BCUT2D eigenvalue weighted by Gasteiger charge is -2.27. The first-order valence-electron chi connectivity index (χ1n) is 6.32. The van der Waals surface area contributed by atoms with Crippen LogP contribution in [0.25, 0.3) is 0 Å². The molecule has 2 rings (SSSR count). The fourth-order valence-electron chi connectivity index (χ4n) is 2.37. The Bertz CT molecular complexity index is 327. The molecule has 0 saturated carbocycles. The van der Waals surface area contributed by atoms with Gasteiger partial charge in [-0.15, -0.1) is 0 Å². The standard InChI is InChI=1S/C13H22N4/c1-16-7-4-8-17(11-13(16)9-14)10-12-5-2-3-6-15-12/h2-3,5-6,13H,4,7-11,14H2,1H3. The summed E-state index contributed by atoms with van der Waals surface area (Å²) in [7, 11) is 2.17. The summed E-state index contributed by atoms with van der Waals surface area (Å²) in [4.78, 5) is 9.22. The summed E-state index contributed by atoms with van der Waals surface area (Å²) in [6.45, 7) is 4.99. The van der Waals surface area contributed by atoms with Gasteiger partial charge in [0.05, 0.1) is 5.69 Å². The van der Waals surface area contributed by atoms with Crippen molar-refractivity contribution in [3.63, 3.8) is 0 Å². The quantitative estimate of drug-likeness (QED) is 0.829. The number of likely N-dealkylation sites (N-methyl/N-ethyl adjacent to an activating group) is 1. The highest BCUT2D eigenvalue weighted by molar-refractivity contribution is 5.03. The number of aromatic nitrogens is 1. The van der Waals surface area contributed by atoms with E-state index in [0.717, 1.165) is 38.4 Å². The summed E-state index contributed by atoms with van der Waals surface area (Å²) < 4.78 is 0. The third kappa shape index (κ3) is 3.49.